The third-order valence-corrected chi connectivity index (χ3v) is 2.11. The van der Waals surface area contributed by atoms with Gasteiger partial charge in [0.05, 0.1) is 11.7 Å². The van der Waals surface area contributed by atoms with Crippen LogP contribution in [0.5, 0.6) is 0 Å². The normalized spacial score (nSPS) is 10.5. The molecule has 3 nitrogen and oxygen atoms in total. The molecule has 0 aliphatic rings. The van der Waals surface area contributed by atoms with Crippen molar-refractivity contribution in [2.75, 3.05) is 0 Å². The lowest BCUT2D eigenvalue weighted by Gasteiger charge is -2.05. The minimum absolute atomic E-state index is 0.0306. The van der Waals surface area contributed by atoms with E-state index in [-0.39, 0.29) is 5.56 Å². The van der Waals surface area contributed by atoms with E-state index < -0.39 is 0 Å². The van der Waals surface area contributed by atoms with E-state index >= 15 is 0 Å². The van der Waals surface area contributed by atoms with E-state index in [1.807, 2.05) is 19.1 Å². The second kappa shape index (κ2) is 3.01. The molecule has 0 saturated heterocycles. The van der Waals surface area contributed by atoms with E-state index in [1.165, 1.54) is 0 Å². The molecule has 2 rings (SSSR count). The highest BCUT2D eigenvalue weighted by Gasteiger charge is 1.99. The molecule has 0 aliphatic carbocycles. The van der Waals surface area contributed by atoms with Crippen LogP contribution in [0.3, 0.4) is 0 Å². The number of rotatable bonds is 1. The average Bonchev–Trinajstić information content (AvgIpc) is 2.18. The summed E-state index contributed by atoms with van der Waals surface area (Å²) in [6.45, 7) is 2.63. The van der Waals surface area contributed by atoms with Crippen molar-refractivity contribution in [3.05, 3.63) is 40.9 Å². The molecule has 3 heteroatoms. The quantitative estimate of drug-likeness (QED) is 0.655. The van der Waals surface area contributed by atoms with Gasteiger partial charge in [-0.25, -0.2) is 0 Å². The second-order valence-corrected chi connectivity index (χ2v) is 2.85. The number of aromatic nitrogens is 2. The summed E-state index contributed by atoms with van der Waals surface area (Å²) in [5.41, 5.74) is 0.931. The molecule has 0 N–H and O–H groups in total. The highest BCUT2D eigenvalue weighted by atomic mass is 16.1. The highest BCUT2D eigenvalue weighted by Crippen LogP contribution is 2.08. The number of aryl methyl sites for hydroxylation is 1. The van der Waals surface area contributed by atoms with Crippen LogP contribution in [0.2, 0.25) is 0 Å². The van der Waals surface area contributed by atoms with Gasteiger partial charge < -0.3 is 4.57 Å². The summed E-state index contributed by atoms with van der Waals surface area (Å²) in [4.78, 5) is 15.4. The van der Waals surface area contributed by atoms with Crippen molar-refractivity contribution in [1.29, 1.82) is 0 Å². The van der Waals surface area contributed by atoms with Crippen molar-refractivity contribution in [3.63, 3.8) is 0 Å². The fraction of sp³-hybridized carbons (Fsp3) is 0.200. The van der Waals surface area contributed by atoms with E-state index in [0.29, 0.717) is 6.54 Å². The zero-order valence-electron chi connectivity index (χ0n) is 7.40. The predicted molar refractivity (Wildman–Crippen MR) is 51.7 cm³/mol. The molecule has 2 aromatic heterocycles. The summed E-state index contributed by atoms with van der Waals surface area (Å²) in [5.74, 6) is 0. The monoisotopic (exact) mass is 174 g/mol. The SMILES string of the molecule is CCn1c(=O)ccc2ccncc21. The Morgan fingerprint density at radius 1 is 1.38 bits per heavy atom. The highest BCUT2D eigenvalue weighted by molar-refractivity contribution is 5.77. The molecule has 0 saturated carbocycles. The van der Waals surface area contributed by atoms with Gasteiger partial charge in [0, 0.05) is 24.2 Å². The van der Waals surface area contributed by atoms with Gasteiger partial charge in [-0.2, -0.15) is 0 Å². The van der Waals surface area contributed by atoms with E-state index in [0.717, 1.165) is 10.9 Å². The standard InChI is InChI=1S/C10H10N2O/c1-2-12-9-7-11-6-5-8(9)3-4-10(12)13/h3-7H,2H2,1H3. The van der Waals surface area contributed by atoms with Crippen molar-refractivity contribution >= 4 is 10.9 Å². The second-order valence-electron chi connectivity index (χ2n) is 2.85. The first kappa shape index (κ1) is 7.98. The van der Waals surface area contributed by atoms with E-state index in [2.05, 4.69) is 4.98 Å². The molecule has 13 heavy (non-hydrogen) atoms. The lowest BCUT2D eigenvalue weighted by atomic mass is 10.2. The summed E-state index contributed by atoms with van der Waals surface area (Å²) in [6.07, 6.45) is 3.45. The lowest BCUT2D eigenvalue weighted by Crippen LogP contribution is -2.17. The number of pyridine rings is 2. The lowest BCUT2D eigenvalue weighted by molar-refractivity contribution is 0.758. The number of hydrogen-bond donors (Lipinski definition) is 0. The Hall–Kier alpha value is -1.64. The smallest absolute Gasteiger partial charge is 0.251 e. The van der Waals surface area contributed by atoms with Gasteiger partial charge in [-0.05, 0) is 19.1 Å². The van der Waals surface area contributed by atoms with Crippen LogP contribution in [-0.2, 0) is 6.54 Å². The first-order chi connectivity index (χ1) is 6.33. The molecule has 0 unspecified atom stereocenters. The molecule has 0 aromatic carbocycles. The Labute approximate surface area is 75.7 Å². The molecule has 2 heterocycles. The fourth-order valence-corrected chi connectivity index (χ4v) is 1.46. The summed E-state index contributed by atoms with van der Waals surface area (Å²) in [7, 11) is 0. The van der Waals surface area contributed by atoms with Crippen molar-refractivity contribution in [2.24, 2.45) is 0 Å². The first-order valence-electron chi connectivity index (χ1n) is 4.26. The van der Waals surface area contributed by atoms with E-state index in [1.54, 1.807) is 23.0 Å². The summed E-state index contributed by atoms with van der Waals surface area (Å²) < 4.78 is 1.71. The van der Waals surface area contributed by atoms with Crippen molar-refractivity contribution < 1.29 is 0 Å². The Morgan fingerprint density at radius 2 is 2.23 bits per heavy atom. The van der Waals surface area contributed by atoms with Gasteiger partial charge in [-0.1, -0.05) is 0 Å². The van der Waals surface area contributed by atoms with Crippen molar-refractivity contribution in [3.8, 4) is 0 Å². The Balaban J connectivity index is 2.92. The van der Waals surface area contributed by atoms with Crippen LogP contribution in [0.25, 0.3) is 10.9 Å². The van der Waals surface area contributed by atoms with Gasteiger partial charge in [0.25, 0.3) is 5.56 Å². The summed E-state index contributed by atoms with van der Waals surface area (Å²) in [6, 6.07) is 5.32. The van der Waals surface area contributed by atoms with Crippen LogP contribution in [0, 0.1) is 0 Å². The topological polar surface area (TPSA) is 34.9 Å². The largest absolute Gasteiger partial charge is 0.307 e. The molecule has 0 radical (unpaired) electrons. The minimum atomic E-state index is 0.0306. The maximum Gasteiger partial charge on any atom is 0.251 e. The van der Waals surface area contributed by atoms with Gasteiger partial charge in [-0.15, -0.1) is 0 Å². The molecular weight excluding hydrogens is 164 g/mol. The van der Waals surface area contributed by atoms with E-state index in [9.17, 15) is 4.79 Å². The molecule has 0 bridgehead atoms. The number of fused-ring (bicyclic) bond motifs is 1. The van der Waals surface area contributed by atoms with Crippen LogP contribution in [0.1, 0.15) is 6.92 Å². The Bertz CT molecular complexity index is 487. The number of nitrogens with zero attached hydrogens (tertiary/aromatic N) is 2. The van der Waals surface area contributed by atoms with Gasteiger partial charge in [0.15, 0.2) is 0 Å². The molecule has 66 valence electrons. The first-order valence-corrected chi connectivity index (χ1v) is 4.26. The van der Waals surface area contributed by atoms with Crippen LogP contribution >= 0.6 is 0 Å². The third-order valence-electron chi connectivity index (χ3n) is 2.11. The van der Waals surface area contributed by atoms with Crippen LogP contribution < -0.4 is 5.56 Å². The zero-order valence-corrected chi connectivity index (χ0v) is 7.40. The van der Waals surface area contributed by atoms with Gasteiger partial charge in [0.1, 0.15) is 0 Å². The molecule has 0 amide bonds. The minimum Gasteiger partial charge on any atom is -0.307 e. The predicted octanol–water partition coefficient (Wildman–Crippen LogP) is 1.42. The van der Waals surface area contributed by atoms with Crippen molar-refractivity contribution in [2.45, 2.75) is 13.5 Å². The van der Waals surface area contributed by atoms with Gasteiger partial charge in [-0.3, -0.25) is 9.78 Å². The molecule has 0 aliphatic heterocycles. The van der Waals surface area contributed by atoms with Crippen molar-refractivity contribution in [1.82, 2.24) is 9.55 Å². The van der Waals surface area contributed by atoms with Crippen LogP contribution in [0.15, 0.2) is 35.4 Å². The Kier molecular flexibility index (Phi) is 1.85. The molecule has 0 atom stereocenters. The van der Waals surface area contributed by atoms with E-state index in [4.69, 9.17) is 0 Å². The molecule has 2 aromatic rings. The molecule has 0 fully saturated rings. The summed E-state index contributed by atoms with van der Waals surface area (Å²) >= 11 is 0. The van der Waals surface area contributed by atoms with Crippen LogP contribution in [0.4, 0.5) is 0 Å². The fourth-order valence-electron chi connectivity index (χ4n) is 1.46. The average molecular weight is 174 g/mol. The molecule has 0 spiro atoms. The Morgan fingerprint density at radius 3 is 3.00 bits per heavy atom. The zero-order chi connectivity index (χ0) is 9.26. The van der Waals surface area contributed by atoms with Crippen LogP contribution in [-0.4, -0.2) is 9.55 Å². The van der Waals surface area contributed by atoms with Gasteiger partial charge >= 0.3 is 0 Å². The third kappa shape index (κ3) is 1.22. The number of hydrogen-bond acceptors (Lipinski definition) is 2. The maximum atomic E-state index is 11.4. The molecular formula is C10H10N2O. The summed E-state index contributed by atoms with van der Waals surface area (Å²) in [5, 5.41) is 1.05. The maximum absolute atomic E-state index is 11.4. The van der Waals surface area contributed by atoms with Gasteiger partial charge in [0.2, 0.25) is 0 Å².